The highest BCUT2D eigenvalue weighted by atomic mass is 35.5. The number of carbonyl (C=O) groups excluding carboxylic acids is 1. The summed E-state index contributed by atoms with van der Waals surface area (Å²) in [6.45, 7) is 3.38. The monoisotopic (exact) mass is 316 g/mol. The Kier molecular flexibility index (Phi) is 6.33. The number of benzene rings is 1. The fourth-order valence-electron chi connectivity index (χ4n) is 1.74. The number of amides is 1. The molecule has 0 fully saturated rings. The van der Waals surface area contributed by atoms with Crippen molar-refractivity contribution in [3.63, 3.8) is 0 Å². The summed E-state index contributed by atoms with van der Waals surface area (Å²) in [6.07, 6.45) is 1.81. The quantitative estimate of drug-likeness (QED) is 0.895. The van der Waals surface area contributed by atoms with Crippen LogP contribution in [0.15, 0.2) is 23.8 Å². The highest BCUT2D eigenvalue weighted by Crippen LogP contribution is 2.28. The third-order valence-electron chi connectivity index (χ3n) is 2.99. The van der Waals surface area contributed by atoms with E-state index in [1.54, 1.807) is 18.2 Å². The van der Waals surface area contributed by atoms with Crippen molar-refractivity contribution in [1.82, 2.24) is 5.32 Å². The molecule has 2 rings (SSSR count). The Labute approximate surface area is 129 Å². The molecule has 0 radical (unpaired) electrons. The smallest absolute Gasteiger partial charge is 0.250 e. The van der Waals surface area contributed by atoms with Gasteiger partial charge in [0.05, 0.1) is 5.57 Å². The van der Waals surface area contributed by atoms with Crippen LogP contribution in [0.25, 0.3) is 6.08 Å². The summed E-state index contributed by atoms with van der Waals surface area (Å²) in [5.41, 5.74) is 6.94. The minimum atomic E-state index is -0.120. The first-order valence-electron chi connectivity index (χ1n) is 6.21. The molecule has 1 atom stereocenters. The highest BCUT2D eigenvalue weighted by molar-refractivity contribution is 6.30. The summed E-state index contributed by atoms with van der Waals surface area (Å²) in [5, 5.41) is 3.47. The summed E-state index contributed by atoms with van der Waals surface area (Å²) in [5.74, 6) is 0.887. The molecule has 1 unspecified atom stereocenters. The van der Waals surface area contributed by atoms with Crippen molar-refractivity contribution in [2.24, 2.45) is 11.7 Å². The van der Waals surface area contributed by atoms with Crippen molar-refractivity contribution in [2.75, 3.05) is 19.7 Å². The molecule has 3 N–H and O–H groups in total. The molecule has 0 bridgehead atoms. The van der Waals surface area contributed by atoms with Crippen LogP contribution in [0.5, 0.6) is 5.75 Å². The van der Waals surface area contributed by atoms with Crippen molar-refractivity contribution in [3.05, 3.63) is 34.4 Å². The minimum Gasteiger partial charge on any atom is -0.488 e. The first-order chi connectivity index (χ1) is 9.10. The Morgan fingerprint density at radius 1 is 1.55 bits per heavy atom. The zero-order valence-electron chi connectivity index (χ0n) is 11.2. The van der Waals surface area contributed by atoms with Gasteiger partial charge in [0.1, 0.15) is 12.4 Å². The second-order valence-corrected chi connectivity index (χ2v) is 5.13. The number of halogens is 2. The number of carbonyl (C=O) groups is 1. The largest absolute Gasteiger partial charge is 0.488 e. The number of ether oxygens (including phenoxy) is 1. The summed E-state index contributed by atoms with van der Waals surface area (Å²) >= 11 is 5.93. The van der Waals surface area contributed by atoms with E-state index in [2.05, 4.69) is 5.32 Å². The summed E-state index contributed by atoms with van der Waals surface area (Å²) < 4.78 is 5.53. The molecule has 20 heavy (non-hydrogen) atoms. The average Bonchev–Trinajstić information content (AvgIpc) is 2.43. The van der Waals surface area contributed by atoms with Crippen LogP contribution in [0.1, 0.15) is 12.5 Å². The molecule has 6 heteroatoms. The van der Waals surface area contributed by atoms with E-state index < -0.39 is 0 Å². The molecular formula is C14H18Cl2N2O2. The molecule has 1 heterocycles. The number of hydrogen-bond acceptors (Lipinski definition) is 3. The summed E-state index contributed by atoms with van der Waals surface area (Å²) in [4.78, 5) is 12.0. The topological polar surface area (TPSA) is 64.3 Å². The molecule has 1 aromatic carbocycles. The Morgan fingerprint density at radius 2 is 2.30 bits per heavy atom. The molecule has 4 nitrogen and oxygen atoms in total. The van der Waals surface area contributed by atoms with Crippen LogP contribution in [0.4, 0.5) is 0 Å². The zero-order chi connectivity index (χ0) is 13.8. The average molecular weight is 317 g/mol. The highest BCUT2D eigenvalue weighted by Gasteiger charge is 2.17. The number of rotatable bonds is 4. The number of fused-ring (bicyclic) bond motifs is 1. The van der Waals surface area contributed by atoms with E-state index in [0.29, 0.717) is 23.7 Å². The zero-order valence-corrected chi connectivity index (χ0v) is 12.8. The fraction of sp³-hybridized carbons (Fsp3) is 0.357. The molecule has 1 aliphatic heterocycles. The summed E-state index contributed by atoms with van der Waals surface area (Å²) in [6, 6.07) is 5.35. The van der Waals surface area contributed by atoms with E-state index in [1.807, 2.05) is 13.0 Å². The Bertz CT molecular complexity index is 518. The maximum Gasteiger partial charge on any atom is 0.250 e. The maximum atomic E-state index is 12.0. The van der Waals surface area contributed by atoms with Gasteiger partial charge >= 0.3 is 0 Å². The van der Waals surface area contributed by atoms with E-state index in [9.17, 15) is 4.79 Å². The molecule has 0 spiro atoms. The van der Waals surface area contributed by atoms with Gasteiger partial charge in [-0.2, -0.15) is 0 Å². The van der Waals surface area contributed by atoms with Crippen LogP contribution >= 0.6 is 24.0 Å². The van der Waals surface area contributed by atoms with Gasteiger partial charge < -0.3 is 15.8 Å². The molecular weight excluding hydrogens is 299 g/mol. The van der Waals surface area contributed by atoms with Gasteiger partial charge in [0.2, 0.25) is 0 Å². The predicted octanol–water partition coefficient (Wildman–Crippen LogP) is 2.25. The lowest BCUT2D eigenvalue weighted by molar-refractivity contribution is -0.117. The Hall–Kier alpha value is -1.23. The Balaban J connectivity index is 0.00000200. The SMILES string of the molecule is CC(CN)CNC(=O)C1=Cc2cc(Cl)ccc2OC1.Cl. The summed E-state index contributed by atoms with van der Waals surface area (Å²) in [7, 11) is 0. The lowest BCUT2D eigenvalue weighted by Gasteiger charge is -2.18. The van der Waals surface area contributed by atoms with Crippen LogP contribution in [0.2, 0.25) is 5.02 Å². The van der Waals surface area contributed by atoms with Gasteiger partial charge in [0.25, 0.3) is 5.91 Å². The normalized spacial score (nSPS) is 14.2. The number of hydrogen-bond donors (Lipinski definition) is 2. The fourth-order valence-corrected chi connectivity index (χ4v) is 1.92. The van der Waals surface area contributed by atoms with E-state index in [0.717, 1.165) is 11.3 Å². The molecule has 110 valence electrons. The first kappa shape index (κ1) is 16.8. The predicted molar refractivity (Wildman–Crippen MR) is 83.4 cm³/mol. The second-order valence-electron chi connectivity index (χ2n) is 4.69. The third kappa shape index (κ3) is 4.13. The maximum absolute atomic E-state index is 12.0. The lowest BCUT2D eigenvalue weighted by atomic mass is 10.1. The molecule has 0 saturated carbocycles. The van der Waals surface area contributed by atoms with Crippen LogP contribution in [0.3, 0.4) is 0 Å². The van der Waals surface area contributed by atoms with Crippen LogP contribution in [-0.2, 0) is 4.79 Å². The first-order valence-corrected chi connectivity index (χ1v) is 6.59. The van der Waals surface area contributed by atoms with E-state index >= 15 is 0 Å². The standard InChI is InChI=1S/C14H17ClN2O2.ClH/c1-9(6-16)7-17-14(18)11-4-10-5-12(15)2-3-13(10)19-8-11;/h2-5,9H,6-8,16H2,1H3,(H,17,18);1H. The van der Waals surface area contributed by atoms with Gasteiger partial charge in [0, 0.05) is 17.1 Å². The third-order valence-corrected chi connectivity index (χ3v) is 3.22. The van der Waals surface area contributed by atoms with E-state index in [-0.39, 0.29) is 30.8 Å². The van der Waals surface area contributed by atoms with Crippen LogP contribution in [-0.4, -0.2) is 25.6 Å². The van der Waals surface area contributed by atoms with Gasteiger partial charge in [-0.3, -0.25) is 4.79 Å². The Morgan fingerprint density at radius 3 is 3.00 bits per heavy atom. The molecule has 0 aromatic heterocycles. The van der Waals surface area contributed by atoms with Crippen molar-refractivity contribution in [1.29, 1.82) is 0 Å². The van der Waals surface area contributed by atoms with Gasteiger partial charge in [-0.25, -0.2) is 0 Å². The molecule has 1 amide bonds. The molecule has 0 saturated heterocycles. The molecule has 1 aromatic rings. The van der Waals surface area contributed by atoms with Crippen molar-refractivity contribution >= 4 is 36.0 Å². The van der Waals surface area contributed by atoms with Crippen molar-refractivity contribution in [2.45, 2.75) is 6.92 Å². The van der Waals surface area contributed by atoms with Gasteiger partial charge in [-0.1, -0.05) is 18.5 Å². The van der Waals surface area contributed by atoms with E-state index in [4.69, 9.17) is 22.1 Å². The number of nitrogens with two attached hydrogens (primary N) is 1. The van der Waals surface area contributed by atoms with Gasteiger partial charge in [-0.05, 0) is 36.7 Å². The lowest BCUT2D eigenvalue weighted by Crippen LogP contribution is -2.34. The molecule has 1 aliphatic rings. The van der Waals surface area contributed by atoms with Crippen molar-refractivity contribution < 1.29 is 9.53 Å². The van der Waals surface area contributed by atoms with Gasteiger partial charge in [0.15, 0.2) is 0 Å². The van der Waals surface area contributed by atoms with Crippen molar-refractivity contribution in [3.8, 4) is 5.75 Å². The van der Waals surface area contributed by atoms with Crippen LogP contribution in [0, 0.1) is 5.92 Å². The number of nitrogens with one attached hydrogen (secondary N) is 1. The second kappa shape index (κ2) is 7.53. The minimum absolute atomic E-state index is 0. The molecule has 0 aliphatic carbocycles. The van der Waals surface area contributed by atoms with Gasteiger partial charge in [-0.15, -0.1) is 12.4 Å². The van der Waals surface area contributed by atoms with Crippen LogP contribution < -0.4 is 15.8 Å². The van der Waals surface area contributed by atoms with E-state index in [1.165, 1.54) is 0 Å².